The highest BCUT2D eigenvalue weighted by Crippen LogP contribution is 2.69. The highest BCUT2D eigenvalue weighted by molar-refractivity contribution is 5.66. The van der Waals surface area contributed by atoms with Crippen LogP contribution in [0.4, 0.5) is 0 Å². The molecular weight excluding hydrogens is 488 g/mol. The van der Waals surface area contributed by atoms with Crippen molar-refractivity contribution in [1.82, 2.24) is 0 Å². The Morgan fingerprint density at radius 3 is 2.26 bits per heavy atom. The van der Waals surface area contributed by atoms with Crippen LogP contribution in [0.3, 0.4) is 0 Å². The molecule has 0 saturated heterocycles. The van der Waals surface area contributed by atoms with Crippen LogP contribution in [0.1, 0.15) is 85.0 Å². The van der Waals surface area contributed by atoms with Crippen LogP contribution in [0.25, 0.3) is 0 Å². The fourth-order valence-corrected chi connectivity index (χ4v) is 9.65. The number of carbonyl (C=O) groups is 1. The molecule has 0 radical (unpaired) electrons. The second-order valence-corrected chi connectivity index (χ2v) is 13.6. The molecule has 38 heavy (non-hydrogen) atoms. The Morgan fingerprint density at radius 2 is 1.61 bits per heavy atom. The summed E-state index contributed by atoms with van der Waals surface area (Å²) in [6.07, 6.45) is 7.83. The van der Waals surface area contributed by atoms with Gasteiger partial charge in [-0.05, 0) is 104 Å². The number of aliphatic carboxylic acids is 1. The summed E-state index contributed by atoms with van der Waals surface area (Å²) in [5, 5.41) is 47.8. The Balaban J connectivity index is 1.54. The quantitative estimate of drug-likeness (QED) is 0.255. The number of hydrogen-bond acceptors (Lipinski definition) is 7. The number of hydrogen-bond donors (Lipinski definition) is 5. The lowest BCUT2D eigenvalue weighted by atomic mass is 9.43. The van der Waals surface area contributed by atoms with E-state index in [4.69, 9.17) is 14.6 Å². The van der Waals surface area contributed by atoms with Gasteiger partial charge in [0, 0.05) is 6.42 Å². The number of aliphatic hydroxyl groups excluding tert-OH is 4. The van der Waals surface area contributed by atoms with Crippen molar-refractivity contribution in [3.05, 3.63) is 0 Å². The van der Waals surface area contributed by atoms with E-state index in [2.05, 4.69) is 20.8 Å². The zero-order valence-electron chi connectivity index (χ0n) is 23.6. The standard InChI is InChI=1S/C30H52O8/c1-18(4-9-28(35)36)24-7-8-25-23-6-5-19-12-22(37-16-20(33)14-31)10-11-29(19,2)26(23)13-27(30(24,25)3)38-17-21(34)15-32/h18-27,31-34H,4-17H2,1-3H3,(H,35,36)/t18-,19?,20?,21?,22?,23?,24?,25?,26?,27?,29?,30?/m1/s1. The normalized spacial score (nSPS) is 43.0. The first kappa shape index (κ1) is 30.2. The first-order valence-electron chi connectivity index (χ1n) is 15.1. The smallest absolute Gasteiger partial charge is 0.303 e. The van der Waals surface area contributed by atoms with Gasteiger partial charge in [0.15, 0.2) is 0 Å². The van der Waals surface area contributed by atoms with Crippen LogP contribution in [-0.2, 0) is 14.3 Å². The summed E-state index contributed by atoms with van der Waals surface area (Å²) in [6.45, 7) is 6.77. The first-order valence-corrected chi connectivity index (χ1v) is 15.1. The zero-order chi connectivity index (χ0) is 27.7. The van der Waals surface area contributed by atoms with Gasteiger partial charge in [-0.1, -0.05) is 20.8 Å². The summed E-state index contributed by atoms with van der Waals surface area (Å²) >= 11 is 0. The van der Waals surface area contributed by atoms with Gasteiger partial charge in [-0.25, -0.2) is 0 Å². The van der Waals surface area contributed by atoms with Gasteiger partial charge in [0.05, 0.1) is 38.6 Å². The number of aliphatic hydroxyl groups is 4. The summed E-state index contributed by atoms with van der Waals surface area (Å²) in [4.78, 5) is 11.3. The van der Waals surface area contributed by atoms with Crippen molar-refractivity contribution in [3.63, 3.8) is 0 Å². The lowest BCUT2D eigenvalue weighted by Gasteiger charge is -2.63. The van der Waals surface area contributed by atoms with Crippen LogP contribution in [0.15, 0.2) is 0 Å². The summed E-state index contributed by atoms with van der Waals surface area (Å²) in [5.74, 6) is 2.14. The molecule has 4 fully saturated rings. The number of fused-ring (bicyclic) bond motifs is 5. The van der Waals surface area contributed by atoms with Gasteiger partial charge in [0.2, 0.25) is 0 Å². The van der Waals surface area contributed by atoms with E-state index in [-0.39, 0.29) is 55.9 Å². The number of carboxylic acids is 1. The van der Waals surface area contributed by atoms with Crippen LogP contribution in [0.2, 0.25) is 0 Å². The van der Waals surface area contributed by atoms with Crippen molar-refractivity contribution >= 4 is 5.97 Å². The molecule has 0 spiro atoms. The maximum atomic E-state index is 11.3. The predicted molar refractivity (Wildman–Crippen MR) is 142 cm³/mol. The molecule has 0 amide bonds. The topological polar surface area (TPSA) is 137 Å². The minimum atomic E-state index is -0.893. The lowest BCUT2D eigenvalue weighted by Crippen LogP contribution is -2.59. The highest BCUT2D eigenvalue weighted by Gasteiger charge is 2.64. The monoisotopic (exact) mass is 540 g/mol. The highest BCUT2D eigenvalue weighted by atomic mass is 16.5. The molecule has 0 aliphatic heterocycles. The van der Waals surface area contributed by atoms with Gasteiger partial charge >= 0.3 is 5.97 Å². The maximum Gasteiger partial charge on any atom is 0.303 e. The van der Waals surface area contributed by atoms with E-state index in [9.17, 15) is 25.2 Å². The third-order valence-corrected chi connectivity index (χ3v) is 11.7. The van der Waals surface area contributed by atoms with Gasteiger partial charge in [-0.2, -0.15) is 0 Å². The fraction of sp³-hybridized carbons (Fsp3) is 0.967. The minimum Gasteiger partial charge on any atom is -0.481 e. The van der Waals surface area contributed by atoms with Gasteiger partial charge < -0.3 is 35.0 Å². The molecule has 0 bridgehead atoms. The molecular formula is C30H52O8. The maximum absolute atomic E-state index is 11.3. The molecule has 4 saturated carbocycles. The Bertz CT molecular complexity index is 792. The molecule has 8 nitrogen and oxygen atoms in total. The van der Waals surface area contributed by atoms with E-state index in [0.717, 1.165) is 38.5 Å². The average molecular weight is 541 g/mol. The van der Waals surface area contributed by atoms with Crippen LogP contribution in [-0.4, -0.2) is 82.3 Å². The van der Waals surface area contributed by atoms with Gasteiger partial charge in [0.1, 0.15) is 12.2 Å². The van der Waals surface area contributed by atoms with Gasteiger partial charge in [-0.3, -0.25) is 4.79 Å². The molecule has 12 atom stereocenters. The second-order valence-electron chi connectivity index (χ2n) is 13.6. The lowest BCUT2D eigenvalue weighted by molar-refractivity contribution is -0.199. The Labute approximate surface area is 228 Å². The second kappa shape index (κ2) is 12.4. The molecule has 5 N–H and O–H groups in total. The van der Waals surface area contributed by atoms with Gasteiger partial charge in [-0.15, -0.1) is 0 Å². The van der Waals surface area contributed by atoms with Crippen molar-refractivity contribution < 1.29 is 39.8 Å². The van der Waals surface area contributed by atoms with Crippen molar-refractivity contribution in [3.8, 4) is 0 Å². The molecule has 0 aromatic carbocycles. The number of carboxylic acid groups (broad SMARTS) is 1. The Kier molecular flexibility index (Phi) is 9.85. The van der Waals surface area contributed by atoms with Crippen molar-refractivity contribution in [2.45, 2.75) is 109 Å². The molecule has 220 valence electrons. The predicted octanol–water partition coefficient (Wildman–Crippen LogP) is 3.23. The molecule has 0 heterocycles. The largest absolute Gasteiger partial charge is 0.481 e. The van der Waals surface area contributed by atoms with Crippen molar-refractivity contribution in [2.75, 3.05) is 26.4 Å². The van der Waals surface area contributed by atoms with E-state index < -0.39 is 18.2 Å². The van der Waals surface area contributed by atoms with Crippen molar-refractivity contribution in [1.29, 1.82) is 0 Å². The summed E-state index contributed by atoms with van der Waals surface area (Å²) in [6, 6.07) is 0. The minimum absolute atomic E-state index is 0.0287. The van der Waals surface area contributed by atoms with Crippen LogP contribution in [0.5, 0.6) is 0 Å². The summed E-state index contributed by atoms with van der Waals surface area (Å²) in [5.41, 5.74) is 0.113. The number of ether oxygens (including phenoxy) is 2. The molecule has 0 aromatic rings. The van der Waals surface area contributed by atoms with E-state index in [1.807, 2.05) is 0 Å². The molecule has 0 aromatic heterocycles. The first-order chi connectivity index (χ1) is 18.0. The molecule has 11 unspecified atom stereocenters. The summed E-state index contributed by atoms with van der Waals surface area (Å²) in [7, 11) is 0. The van der Waals surface area contributed by atoms with Crippen LogP contribution < -0.4 is 0 Å². The van der Waals surface area contributed by atoms with E-state index >= 15 is 0 Å². The molecule has 4 rings (SSSR count). The van der Waals surface area contributed by atoms with Crippen molar-refractivity contribution in [2.24, 2.45) is 46.3 Å². The SMILES string of the molecule is C[C@H](CCC(=O)O)C1CCC2C3CCC4CC(OCC(O)CO)CCC4(C)C3CC(OCC(O)CO)C21C. The third-order valence-electron chi connectivity index (χ3n) is 11.7. The fourth-order valence-electron chi connectivity index (χ4n) is 9.65. The summed E-state index contributed by atoms with van der Waals surface area (Å²) < 4.78 is 12.5. The third kappa shape index (κ3) is 5.82. The van der Waals surface area contributed by atoms with E-state index in [0.29, 0.717) is 41.9 Å². The Morgan fingerprint density at radius 1 is 0.921 bits per heavy atom. The van der Waals surface area contributed by atoms with E-state index in [1.54, 1.807) is 0 Å². The zero-order valence-corrected chi connectivity index (χ0v) is 23.6. The van der Waals surface area contributed by atoms with Gasteiger partial charge in [0.25, 0.3) is 0 Å². The number of rotatable bonds is 12. The Hall–Kier alpha value is -0.770. The van der Waals surface area contributed by atoms with Crippen LogP contribution in [0, 0.1) is 46.3 Å². The molecule has 4 aliphatic rings. The molecule has 8 heteroatoms. The van der Waals surface area contributed by atoms with E-state index in [1.165, 1.54) is 12.8 Å². The average Bonchev–Trinajstić information content (AvgIpc) is 3.26. The molecule has 4 aliphatic carbocycles. The van der Waals surface area contributed by atoms with Crippen LogP contribution >= 0.6 is 0 Å².